The zero-order valence-corrected chi connectivity index (χ0v) is 18.1. The molecule has 1 atom stereocenters. The third kappa shape index (κ3) is 5.29. The lowest BCUT2D eigenvalue weighted by Gasteiger charge is -2.16. The molecule has 0 bridgehead atoms. The summed E-state index contributed by atoms with van der Waals surface area (Å²) >= 11 is 1.24. The fourth-order valence-electron chi connectivity index (χ4n) is 3.22. The Morgan fingerprint density at radius 3 is 2.63 bits per heavy atom. The van der Waals surface area contributed by atoms with Crippen molar-refractivity contribution in [3.63, 3.8) is 0 Å². The van der Waals surface area contributed by atoms with Crippen molar-refractivity contribution in [3.05, 3.63) is 70.0 Å². The third-order valence-corrected chi connectivity index (χ3v) is 5.94. The molecule has 30 heavy (non-hydrogen) atoms. The van der Waals surface area contributed by atoms with Gasteiger partial charge in [0.15, 0.2) is 5.16 Å². The van der Waals surface area contributed by atoms with Crippen LogP contribution in [0, 0.1) is 0 Å². The number of nitrogens with zero attached hydrogens (tertiary/aromatic N) is 2. The first-order chi connectivity index (χ1) is 14.5. The zero-order valence-electron chi connectivity index (χ0n) is 17.3. The third-order valence-electron chi connectivity index (χ3n) is 4.96. The quantitative estimate of drug-likeness (QED) is 0.406. The normalized spacial score (nSPS) is 12.1. The number of rotatable bonds is 9. The molecule has 3 rings (SSSR count). The van der Waals surface area contributed by atoms with Crippen LogP contribution in [0.3, 0.4) is 0 Å². The van der Waals surface area contributed by atoms with E-state index in [9.17, 15) is 14.7 Å². The van der Waals surface area contributed by atoms with Crippen LogP contribution in [0.5, 0.6) is 0 Å². The lowest BCUT2D eigenvalue weighted by atomic mass is 10.1. The molecule has 0 aliphatic rings. The van der Waals surface area contributed by atoms with Crippen LogP contribution in [0.15, 0.2) is 58.5 Å². The number of benzene rings is 2. The van der Waals surface area contributed by atoms with Crippen molar-refractivity contribution in [3.8, 4) is 0 Å². The molecule has 1 aromatic heterocycles. The molecule has 158 valence electrons. The van der Waals surface area contributed by atoms with Gasteiger partial charge in [-0.05, 0) is 43.0 Å². The Hall–Kier alpha value is -2.64. The van der Waals surface area contributed by atoms with Crippen molar-refractivity contribution in [2.45, 2.75) is 44.4 Å². The molecule has 1 amide bonds. The molecular formula is C23H27N3O3S. The van der Waals surface area contributed by atoms with E-state index in [1.807, 2.05) is 25.1 Å². The molecule has 0 spiro atoms. The lowest BCUT2D eigenvalue weighted by molar-refractivity contribution is -0.119. The van der Waals surface area contributed by atoms with Crippen molar-refractivity contribution in [1.29, 1.82) is 0 Å². The van der Waals surface area contributed by atoms with Crippen LogP contribution in [0.4, 0.5) is 0 Å². The average Bonchev–Trinajstić information content (AvgIpc) is 2.77. The molecule has 7 heteroatoms. The lowest BCUT2D eigenvalue weighted by Crippen LogP contribution is -2.29. The second-order valence-electron chi connectivity index (χ2n) is 7.12. The summed E-state index contributed by atoms with van der Waals surface area (Å²) in [5, 5.41) is 13.2. The van der Waals surface area contributed by atoms with Gasteiger partial charge in [-0.3, -0.25) is 14.2 Å². The molecule has 6 nitrogen and oxygen atoms in total. The van der Waals surface area contributed by atoms with Gasteiger partial charge in [0.1, 0.15) is 0 Å². The summed E-state index contributed by atoms with van der Waals surface area (Å²) < 4.78 is 1.55. The van der Waals surface area contributed by atoms with Gasteiger partial charge in [0, 0.05) is 13.2 Å². The highest BCUT2D eigenvalue weighted by atomic mass is 32.2. The summed E-state index contributed by atoms with van der Waals surface area (Å²) in [5.74, 6) is 0.0320. The number of hydrogen-bond donors (Lipinski definition) is 2. The molecule has 0 saturated heterocycles. The average molecular weight is 426 g/mol. The summed E-state index contributed by atoms with van der Waals surface area (Å²) in [6, 6.07) is 15.3. The Morgan fingerprint density at radius 1 is 1.20 bits per heavy atom. The molecular weight excluding hydrogens is 398 g/mol. The second-order valence-corrected chi connectivity index (χ2v) is 8.06. The number of aliphatic hydroxyl groups is 1. The predicted molar refractivity (Wildman–Crippen MR) is 121 cm³/mol. The first-order valence-corrected chi connectivity index (χ1v) is 11.1. The Kier molecular flexibility index (Phi) is 7.65. The number of amides is 1. The fraction of sp³-hybridized carbons (Fsp3) is 0.348. The Bertz CT molecular complexity index is 1060. The largest absolute Gasteiger partial charge is 0.396 e. The van der Waals surface area contributed by atoms with Crippen LogP contribution >= 0.6 is 11.8 Å². The maximum atomic E-state index is 12.8. The highest BCUT2D eigenvalue weighted by Crippen LogP contribution is 2.19. The predicted octanol–water partition coefficient (Wildman–Crippen LogP) is 3.31. The van der Waals surface area contributed by atoms with Gasteiger partial charge < -0.3 is 10.4 Å². The smallest absolute Gasteiger partial charge is 0.262 e. The highest BCUT2D eigenvalue weighted by Gasteiger charge is 2.15. The summed E-state index contributed by atoms with van der Waals surface area (Å²) in [5.41, 5.74) is 2.77. The van der Waals surface area contributed by atoms with Crippen molar-refractivity contribution in [2.75, 3.05) is 12.4 Å². The first kappa shape index (κ1) is 22.1. The maximum Gasteiger partial charge on any atom is 0.262 e. The monoisotopic (exact) mass is 425 g/mol. The number of aryl methyl sites for hydroxylation is 1. The summed E-state index contributed by atoms with van der Waals surface area (Å²) in [7, 11) is 0. The second kappa shape index (κ2) is 10.4. The van der Waals surface area contributed by atoms with Crippen molar-refractivity contribution in [2.24, 2.45) is 0 Å². The molecule has 2 N–H and O–H groups in total. The minimum absolute atomic E-state index is 0.0157. The van der Waals surface area contributed by atoms with Gasteiger partial charge in [0.25, 0.3) is 5.56 Å². The molecule has 0 radical (unpaired) electrons. The van der Waals surface area contributed by atoms with E-state index in [2.05, 4.69) is 29.4 Å². The van der Waals surface area contributed by atoms with Crippen LogP contribution < -0.4 is 10.9 Å². The van der Waals surface area contributed by atoms with E-state index in [0.717, 1.165) is 12.0 Å². The van der Waals surface area contributed by atoms with Gasteiger partial charge in [-0.25, -0.2) is 4.98 Å². The summed E-state index contributed by atoms with van der Waals surface area (Å²) in [6.45, 7) is 4.41. The molecule has 1 unspecified atom stereocenters. The maximum absolute atomic E-state index is 12.8. The van der Waals surface area contributed by atoms with Crippen LogP contribution in [-0.4, -0.2) is 32.9 Å². The molecule has 0 aliphatic heterocycles. The standard InChI is InChI=1S/C23H27N3O3S/c1-3-17-9-11-18(12-10-17)16(2)24-21(28)15-30-23-25-20-8-5-4-7-19(20)22(29)26(23)13-6-14-27/h4-5,7-12,16,27H,3,6,13-15H2,1-2H3,(H,24,28). The molecule has 1 heterocycles. The minimum Gasteiger partial charge on any atom is -0.396 e. The summed E-state index contributed by atoms with van der Waals surface area (Å²) in [4.78, 5) is 29.9. The number of carbonyl (C=O) groups is 1. The summed E-state index contributed by atoms with van der Waals surface area (Å²) in [6.07, 6.45) is 1.43. The molecule has 0 aliphatic carbocycles. The fourth-order valence-corrected chi connectivity index (χ4v) is 4.06. The van der Waals surface area contributed by atoms with Crippen LogP contribution in [0.25, 0.3) is 10.9 Å². The number of thioether (sulfide) groups is 1. The van der Waals surface area contributed by atoms with Gasteiger partial charge >= 0.3 is 0 Å². The Balaban J connectivity index is 1.72. The van der Waals surface area contributed by atoms with Crippen LogP contribution in [0.2, 0.25) is 0 Å². The highest BCUT2D eigenvalue weighted by molar-refractivity contribution is 7.99. The van der Waals surface area contributed by atoms with E-state index < -0.39 is 0 Å². The van der Waals surface area contributed by atoms with Crippen molar-refractivity contribution >= 4 is 28.6 Å². The van der Waals surface area contributed by atoms with E-state index in [0.29, 0.717) is 29.0 Å². The number of para-hydroxylation sites is 1. The van der Waals surface area contributed by atoms with Crippen molar-refractivity contribution in [1.82, 2.24) is 14.9 Å². The zero-order chi connectivity index (χ0) is 21.5. The van der Waals surface area contributed by atoms with E-state index in [1.165, 1.54) is 17.3 Å². The van der Waals surface area contributed by atoms with E-state index in [1.54, 1.807) is 22.8 Å². The number of carbonyl (C=O) groups excluding carboxylic acids is 1. The molecule has 2 aromatic carbocycles. The Labute approximate surface area is 180 Å². The van der Waals surface area contributed by atoms with Gasteiger partial charge in [0.2, 0.25) is 5.91 Å². The SMILES string of the molecule is CCc1ccc(C(C)NC(=O)CSc2nc3ccccc3c(=O)n2CCCO)cc1. The van der Waals surface area contributed by atoms with Gasteiger partial charge in [-0.15, -0.1) is 0 Å². The minimum atomic E-state index is -0.152. The van der Waals surface area contributed by atoms with E-state index in [-0.39, 0.29) is 29.9 Å². The molecule has 0 fully saturated rings. The van der Waals surface area contributed by atoms with Crippen molar-refractivity contribution < 1.29 is 9.90 Å². The number of fused-ring (bicyclic) bond motifs is 1. The number of aliphatic hydroxyl groups excluding tert-OH is 1. The van der Waals surface area contributed by atoms with E-state index in [4.69, 9.17) is 0 Å². The van der Waals surface area contributed by atoms with Crippen LogP contribution in [0.1, 0.15) is 37.4 Å². The van der Waals surface area contributed by atoms with Gasteiger partial charge in [-0.2, -0.15) is 0 Å². The topological polar surface area (TPSA) is 84.2 Å². The van der Waals surface area contributed by atoms with Gasteiger partial charge in [0.05, 0.1) is 22.7 Å². The molecule has 0 saturated carbocycles. The van der Waals surface area contributed by atoms with Crippen LogP contribution in [-0.2, 0) is 17.8 Å². The number of aromatic nitrogens is 2. The number of nitrogens with one attached hydrogen (secondary N) is 1. The Morgan fingerprint density at radius 2 is 1.93 bits per heavy atom. The first-order valence-electron chi connectivity index (χ1n) is 10.1. The molecule has 3 aromatic rings. The van der Waals surface area contributed by atoms with E-state index >= 15 is 0 Å². The number of hydrogen-bond acceptors (Lipinski definition) is 5. The van der Waals surface area contributed by atoms with Gasteiger partial charge in [-0.1, -0.05) is 55.1 Å².